The lowest BCUT2D eigenvalue weighted by Gasteiger charge is -2.09. The van der Waals surface area contributed by atoms with Crippen LogP contribution < -0.4 is 27.4 Å². The molecule has 6 aromatic carbocycles. The quantitative estimate of drug-likeness (QED) is 0.152. The highest BCUT2D eigenvalue weighted by atomic mass is 15.2. The first kappa shape index (κ1) is 73.4. The fraction of sp³-hybridized carbons (Fsp3) is 0.200. The van der Waals surface area contributed by atoms with E-state index in [0.29, 0.717) is 0 Å². The van der Waals surface area contributed by atoms with Crippen molar-refractivity contribution in [1.29, 1.82) is 0 Å². The van der Waals surface area contributed by atoms with Gasteiger partial charge in [0.25, 0.3) is 23.3 Å². The van der Waals surface area contributed by atoms with E-state index < -0.39 is 0 Å². The van der Waals surface area contributed by atoms with Crippen LogP contribution in [0, 0.1) is 83.1 Å². The van der Waals surface area contributed by atoms with Crippen LogP contribution in [0.3, 0.4) is 0 Å². The van der Waals surface area contributed by atoms with Gasteiger partial charge in [0.05, 0.1) is 67.1 Å². The minimum atomic E-state index is 1.01. The van der Waals surface area contributed by atoms with Crippen molar-refractivity contribution in [3.63, 3.8) is 0 Å². The van der Waals surface area contributed by atoms with E-state index in [4.69, 9.17) is 0 Å². The SMILES string of the molecule is Cc1cccc(C)c1-[n+]1c(C)n(C)c2cnccc21.Cc1cccc(C)c1-n1c(C)[n+](C)c2ccncc21.Cc1cccc(C)c1-n1c(C)[n+](C)c2ncccc21.Cc1n(-c2ccccc2)c2cccnc2[n+]1C.Cc1n(-c2ccccc2)c2ccncc2[n+]1C.Cc1n(-c2ccccc2)c2cnccc2[n+]1C. The molecule has 0 aliphatic carbocycles. The number of pyridine rings is 6. The van der Waals surface area contributed by atoms with Gasteiger partial charge in [0, 0.05) is 90.6 Å². The summed E-state index contributed by atoms with van der Waals surface area (Å²) in [6.07, 6.45) is 18.7. The lowest BCUT2D eigenvalue weighted by Crippen LogP contribution is -2.35. The Morgan fingerprint density at radius 1 is 0.250 bits per heavy atom. The number of aromatic nitrogens is 18. The molecule has 0 bridgehead atoms. The standard InChI is InChI=1S/3C16H18N3.3C14H14N3/c1-11-7-5-8-12(2)15(11)19-13(3)18(4)16-14(19)9-6-10-17-16;1-11-6-5-7-12(2)16(11)19-13(3)18(4)15-10-17-9-8-14(15)19;1-11-6-5-7-12(2)16(11)19-13(3)18(4)14-8-9-17-10-15(14)19;1-11-16(2)14-13(9-6-10-15-14)17(11)12-7-4-3-5-8-12;1-11-16(2)14-10-15-9-8-13(14)17(11)12-6-4-3-5-7-12;1-11-16(2)13-8-9-15-10-14(13)17(11)12-6-4-3-5-7-12/h3*5-10H,1-4H3;3*3-10H,1-2H3/q6*+1. The first-order chi connectivity index (χ1) is 52.2. The van der Waals surface area contributed by atoms with Crippen molar-refractivity contribution in [2.45, 2.75) is 83.1 Å². The Morgan fingerprint density at radius 3 is 1.05 bits per heavy atom. The predicted octanol–water partition coefficient (Wildman–Crippen LogP) is 14.8. The summed E-state index contributed by atoms with van der Waals surface area (Å²) in [6.45, 7) is 25.7. The number of nitrogens with zero attached hydrogens (tertiary/aromatic N) is 18. The Bertz CT molecular complexity index is 5620. The van der Waals surface area contributed by atoms with Gasteiger partial charge >= 0.3 is 11.3 Å². The van der Waals surface area contributed by atoms with Gasteiger partial charge in [0.1, 0.15) is 46.5 Å². The number of rotatable bonds is 6. The molecule has 0 fully saturated rings. The maximum Gasteiger partial charge on any atom is 0.302 e. The van der Waals surface area contributed by atoms with Crippen LogP contribution in [-0.2, 0) is 42.3 Å². The van der Waals surface area contributed by atoms with E-state index in [1.165, 1.54) is 125 Å². The fourth-order valence-electron chi connectivity index (χ4n) is 14.9. The second-order valence-electron chi connectivity index (χ2n) is 27.5. The maximum absolute atomic E-state index is 4.49. The zero-order chi connectivity index (χ0) is 76.2. The molecule has 0 unspecified atom stereocenters. The Kier molecular flexibility index (Phi) is 21.3. The molecule has 540 valence electrons. The lowest BCUT2D eigenvalue weighted by molar-refractivity contribution is -0.654. The van der Waals surface area contributed by atoms with Crippen LogP contribution in [-0.4, -0.2) is 57.3 Å². The van der Waals surface area contributed by atoms with Crippen molar-refractivity contribution in [1.82, 2.24) is 57.3 Å². The van der Waals surface area contributed by atoms with Crippen LogP contribution in [0.2, 0.25) is 0 Å². The highest BCUT2D eigenvalue weighted by molar-refractivity contribution is 5.77. The summed E-state index contributed by atoms with van der Waals surface area (Å²) < 4.78 is 26.6. The molecule has 0 amide bonds. The lowest BCUT2D eigenvalue weighted by atomic mass is 10.1. The molecule has 18 aromatic rings. The Balaban J connectivity index is 0.000000114. The topological polar surface area (TPSA) is 130 Å². The summed E-state index contributed by atoms with van der Waals surface area (Å²) in [5, 5.41) is 0. The molecule has 0 saturated heterocycles. The van der Waals surface area contributed by atoms with Gasteiger partial charge in [0.2, 0.25) is 11.6 Å². The number of para-hydroxylation sites is 6. The number of imidazole rings is 6. The van der Waals surface area contributed by atoms with Crippen LogP contribution in [0.1, 0.15) is 68.3 Å². The molecule has 0 saturated carbocycles. The first-order valence-electron chi connectivity index (χ1n) is 36.4. The molecule has 18 rings (SSSR count). The predicted molar refractivity (Wildman–Crippen MR) is 430 cm³/mol. The number of hydrogen-bond acceptors (Lipinski definition) is 6. The van der Waals surface area contributed by atoms with Gasteiger partial charge in [-0.15, -0.1) is 9.97 Å². The van der Waals surface area contributed by atoms with Gasteiger partial charge in [-0.05, 0) is 136 Å². The van der Waals surface area contributed by atoms with E-state index in [1.54, 1.807) is 0 Å². The van der Waals surface area contributed by atoms with Crippen LogP contribution in [0.25, 0.3) is 101 Å². The van der Waals surface area contributed by atoms with Gasteiger partial charge in [-0.25, -0.2) is 36.5 Å². The van der Waals surface area contributed by atoms with Crippen LogP contribution >= 0.6 is 0 Å². The van der Waals surface area contributed by atoms with Gasteiger partial charge in [-0.1, -0.05) is 109 Å². The van der Waals surface area contributed by atoms with E-state index in [0.717, 1.165) is 44.4 Å². The van der Waals surface area contributed by atoms with Gasteiger partial charge in [0.15, 0.2) is 55.2 Å². The molecule has 0 N–H and O–H groups in total. The second-order valence-corrected chi connectivity index (χ2v) is 27.5. The highest BCUT2D eigenvalue weighted by Crippen LogP contribution is 2.28. The summed E-state index contributed by atoms with van der Waals surface area (Å²) in [5.74, 6) is 7.16. The molecule has 18 nitrogen and oxygen atoms in total. The Labute approximate surface area is 631 Å². The molecule has 0 atom stereocenters. The smallest absolute Gasteiger partial charge is 0.260 e. The normalized spacial score (nSPS) is 11.1. The monoisotopic (exact) mass is 1430 g/mol. The Hall–Kier alpha value is -13.0. The summed E-state index contributed by atoms with van der Waals surface area (Å²) in [4.78, 5) is 25.8. The molecular weight excluding hydrogens is 1330 g/mol. The molecular formula is C90H96N18+6. The zero-order valence-electron chi connectivity index (χ0n) is 65.3. The number of fused-ring (bicyclic) bond motifs is 6. The summed E-state index contributed by atoms with van der Waals surface area (Å²) in [5.41, 5.74) is 28.7. The number of benzene rings is 6. The van der Waals surface area contributed by atoms with Crippen LogP contribution in [0.15, 0.2) is 256 Å². The van der Waals surface area contributed by atoms with Crippen molar-refractivity contribution in [3.8, 4) is 34.1 Å². The molecule has 18 heteroatoms. The summed E-state index contributed by atoms with van der Waals surface area (Å²) in [7, 11) is 12.4. The minimum absolute atomic E-state index is 1.01. The second kappa shape index (κ2) is 31.4. The van der Waals surface area contributed by atoms with E-state index in [-0.39, 0.29) is 0 Å². The van der Waals surface area contributed by atoms with Gasteiger partial charge in [-0.3, -0.25) is 19.9 Å². The number of aryl methyl sites for hydroxylation is 12. The number of hydrogen-bond donors (Lipinski definition) is 0. The molecule has 0 aliphatic heterocycles. The molecule has 0 radical (unpaired) electrons. The molecule has 0 spiro atoms. The third kappa shape index (κ3) is 13.8. The average molecular weight is 1430 g/mol. The van der Waals surface area contributed by atoms with Gasteiger partial charge < -0.3 is 0 Å². The zero-order valence-corrected chi connectivity index (χ0v) is 65.3. The van der Waals surface area contributed by atoms with E-state index in [2.05, 4.69) is 361 Å². The summed E-state index contributed by atoms with van der Waals surface area (Å²) >= 11 is 0. The van der Waals surface area contributed by atoms with E-state index in [9.17, 15) is 0 Å². The van der Waals surface area contributed by atoms with Crippen molar-refractivity contribution in [2.24, 2.45) is 42.3 Å². The van der Waals surface area contributed by atoms with Crippen LogP contribution in [0.4, 0.5) is 0 Å². The molecule has 12 aromatic heterocycles. The van der Waals surface area contributed by atoms with E-state index >= 15 is 0 Å². The third-order valence-electron chi connectivity index (χ3n) is 21.1. The molecule has 0 aliphatic rings. The van der Waals surface area contributed by atoms with Crippen molar-refractivity contribution in [3.05, 3.63) is 324 Å². The molecule has 12 heterocycles. The van der Waals surface area contributed by atoms with Crippen molar-refractivity contribution >= 4 is 66.5 Å². The van der Waals surface area contributed by atoms with E-state index in [1.807, 2.05) is 105 Å². The van der Waals surface area contributed by atoms with Gasteiger partial charge in [-0.2, -0.15) is 18.3 Å². The maximum atomic E-state index is 4.49. The fourth-order valence-corrected chi connectivity index (χ4v) is 14.9. The highest BCUT2D eigenvalue weighted by Gasteiger charge is 2.28. The largest absolute Gasteiger partial charge is 0.302 e. The first-order valence-corrected chi connectivity index (χ1v) is 36.4. The summed E-state index contributed by atoms with van der Waals surface area (Å²) in [6, 6.07) is 66.8. The average Bonchev–Trinajstić information content (AvgIpc) is 1.62. The molecule has 108 heavy (non-hydrogen) atoms. The third-order valence-corrected chi connectivity index (χ3v) is 21.1. The minimum Gasteiger partial charge on any atom is -0.260 e. The van der Waals surface area contributed by atoms with Crippen molar-refractivity contribution < 1.29 is 27.4 Å². The Morgan fingerprint density at radius 2 is 0.583 bits per heavy atom. The van der Waals surface area contributed by atoms with Crippen LogP contribution in [0.5, 0.6) is 0 Å². The van der Waals surface area contributed by atoms with Crippen molar-refractivity contribution in [2.75, 3.05) is 0 Å².